The van der Waals surface area contributed by atoms with Crippen molar-refractivity contribution in [2.24, 2.45) is 0 Å². The van der Waals surface area contributed by atoms with E-state index < -0.39 is 0 Å². The minimum Gasteiger partial charge on any atom is -0.381 e. The molecule has 0 saturated carbocycles. The summed E-state index contributed by atoms with van der Waals surface area (Å²) in [6.07, 6.45) is 1.96. The van der Waals surface area contributed by atoms with Gasteiger partial charge in [0.25, 0.3) is 0 Å². The van der Waals surface area contributed by atoms with Gasteiger partial charge in [-0.3, -0.25) is 0 Å². The van der Waals surface area contributed by atoms with Crippen LogP contribution in [0.4, 0.5) is 11.6 Å². The summed E-state index contributed by atoms with van der Waals surface area (Å²) in [5.41, 5.74) is 0.0297. The van der Waals surface area contributed by atoms with Gasteiger partial charge < -0.3 is 20.1 Å². The van der Waals surface area contributed by atoms with Crippen molar-refractivity contribution >= 4 is 11.6 Å². The molecule has 6 heteroatoms. The molecule has 0 atom stereocenters. The highest BCUT2D eigenvalue weighted by molar-refractivity contribution is 5.48. The first-order chi connectivity index (χ1) is 9.15. The lowest BCUT2D eigenvalue weighted by atomic mass is 9.92. The summed E-state index contributed by atoms with van der Waals surface area (Å²) in [7, 11) is 3.49. The highest BCUT2D eigenvalue weighted by Gasteiger charge is 2.27. The standard InChI is InChI=1S/C13H22N4O2/c1-13(4-6-19-7-5-13)17-11-8-10(14-2)15-12(16-11)9-18-3/h8H,4-7,9H2,1-3H3,(H2,14,15,16,17). The van der Waals surface area contributed by atoms with E-state index in [1.54, 1.807) is 7.11 Å². The van der Waals surface area contributed by atoms with Gasteiger partial charge in [0.2, 0.25) is 0 Å². The van der Waals surface area contributed by atoms with E-state index in [1.165, 1.54) is 0 Å². The third kappa shape index (κ3) is 3.78. The molecule has 0 bridgehead atoms. The SMILES string of the molecule is CNc1cc(NC2(C)CCOCC2)nc(COC)n1. The molecule has 1 aliphatic heterocycles. The summed E-state index contributed by atoms with van der Waals surface area (Å²) in [5.74, 6) is 2.29. The number of hydrogen-bond acceptors (Lipinski definition) is 6. The molecule has 1 aromatic rings. The monoisotopic (exact) mass is 266 g/mol. The van der Waals surface area contributed by atoms with Crippen LogP contribution in [0.5, 0.6) is 0 Å². The molecule has 19 heavy (non-hydrogen) atoms. The van der Waals surface area contributed by atoms with Gasteiger partial charge in [0, 0.05) is 39.0 Å². The molecule has 1 fully saturated rings. The number of anilines is 2. The fourth-order valence-electron chi connectivity index (χ4n) is 2.14. The lowest BCUT2D eigenvalue weighted by Crippen LogP contribution is -2.41. The summed E-state index contributed by atoms with van der Waals surface area (Å²) < 4.78 is 10.5. The Bertz CT molecular complexity index is 419. The topological polar surface area (TPSA) is 68.3 Å². The van der Waals surface area contributed by atoms with Gasteiger partial charge in [0.05, 0.1) is 0 Å². The molecule has 1 aliphatic rings. The Hall–Kier alpha value is -1.40. The zero-order valence-electron chi connectivity index (χ0n) is 11.8. The predicted octanol–water partition coefficient (Wildman–Crippen LogP) is 1.65. The van der Waals surface area contributed by atoms with Gasteiger partial charge in [-0.25, -0.2) is 9.97 Å². The average molecular weight is 266 g/mol. The maximum Gasteiger partial charge on any atom is 0.158 e. The van der Waals surface area contributed by atoms with Crippen LogP contribution in [0.25, 0.3) is 0 Å². The number of methoxy groups -OCH3 is 1. The zero-order valence-corrected chi connectivity index (χ0v) is 11.8. The second-order valence-electron chi connectivity index (χ2n) is 5.04. The van der Waals surface area contributed by atoms with Crippen LogP contribution in [0.3, 0.4) is 0 Å². The highest BCUT2D eigenvalue weighted by atomic mass is 16.5. The van der Waals surface area contributed by atoms with E-state index in [4.69, 9.17) is 9.47 Å². The minimum absolute atomic E-state index is 0.0297. The molecule has 1 saturated heterocycles. The molecule has 2 N–H and O–H groups in total. The second kappa shape index (κ2) is 6.16. The molecule has 0 aliphatic carbocycles. The first-order valence-corrected chi connectivity index (χ1v) is 6.56. The van der Waals surface area contributed by atoms with Crippen molar-refractivity contribution in [3.05, 3.63) is 11.9 Å². The van der Waals surface area contributed by atoms with Gasteiger partial charge in [-0.15, -0.1) is 0 Å². The molecule has 0 unspecified atom stereocenters. The molecule has 0 aromatic carbocycles. The molecule has 0 radical (unpaired) electrons. The van der Waals surface area contributed by atoms with Crippen LogP contribution in [-0.4, -0.2) is 42.9 Å². The molecule has 0 spiro atoms. The van der Waals surface area contributed by atoms with E-state index >= 15 is 0 Å². The number of hydrogen-bond donors (Lipinski definition) is 2. The molecular weight excluding hydrogens is 244 g/mol. The summed E-state index contributed by atoms with van der Waals surface area (Å²) in [6, 6.07) is 1.92. The zero-order chi connectivity index (χ0) is 13.7. The van der Waals surface area contributed by atoms with E-state index in [-0.39, 0.29) is 5.54 Å². The van der Waals surface area contributed by atoms with Gasteiger partial charge in [-0.05, 0) is 19.8 Å². The quantitative estimate of drug-likeness (QED) is 0.844. The van der Waals surface area contributed by atoms with Crippen molar-refractivity contribution in [2.45, 2.75) is 31.9 Å². The molecule has 0 amide bonds. The van der Waals surface area contributed by atoms with Crippen molar-refractivity contribution in [3.63, 3.8) is 0 Å². The lowest BCUT2D eigenvalue weighted by molar-refractivity contribution is 0.0657. The lowest BCUT2D eigenvalue weighted by Gasteiger charge is -2.35. The fourth-order valence-corrected chi connectivity index (χ4v) is 2.14. The van der Waals surface area contributed by atoms with E-state index in [9.17, 15) is 0 Å². The maximum atomic E-state index is 5.40. The van der Waals surface area contributed by atoms with Gasteiger partial charge in [0.1, 0.15) is 18.2 Å². The van der Waals surface area contributed by atoms with E-state index in [1.807, 2.05) is 13.1 Å². The Morgan fingerprint density at radius 3 is 2.63 bits per heavy atom. The third-order valence-electron chi connectivity index (χ3n) is 3.33. The van der Waals surface area contributed by atoms with E-state index in [0.29, 0.717) is 12.4 Å². The van der Waals surface area contributed by atoms with Gasteiger partial charge in [0.15, 0.2) is 5.82 Å². The van der Waals surface area contributed by atoms with Crippen LogP contribution in [0.2, 0.25) is 0 Å². The molecule has 106 valence electrons. The molecule has 1 aromatic heterocycles. The Kier molecular flexibility index (Phi) is 4.55. The van der Waals surface area contributed by atoms with Crippen LogP contribution < -0.4 is 10.6 Å². The number of rotatable bonds is 5. The minimum atomic E-state index is 0.0297. The maximum absolute atomic E-state index is 5.40. The van der Waals surface area contributed by atoms with Crippen LogP contribution in [-0.2, 0) is 16.1 Å². The van der Waals surface area contributed by atoms with Gasteiger partial charge in [-0.1, -0.05) is 0 Å². The first kappa shape index (κ1) is 14.0. The van der Waals surface area contributed by atoms with Crippen LogP contribution in [0.15, 0.2) is 6.07 Å². The van der Waals surface area contributed by atoms with Crippen LogP contribution >= 0.6 is 0 Å². The average Bonchev–Trinajstić information content (AvgIpc) is 2.39. The Labute approximate surface area is 113 Å². The molecular formula is C13H22N4O2. The van der Waals surface area contributed by atoms with Gasteiger partial charge in [-0.2, -0.15) is 0 Å². The second-order valence-corrected chi connectivity index (χ2v) is 5.04. The number of nitrogens with zero attached hydrogens (tertiary/aromatic N) is 2. The first-order valence-electron chi connectivity index (χ1n) is 6.56. The van der Waals surface area contributed by atoms with Crippen molar-refractivity contribution in [2.75, 3.05) is 38.0 Å². The summed E-state index contributed by atoms with van der Waals surface area (Å²) in [6.45, 7) is 4.19. The molecule has 2 heterocycles. The summed E-state index contributed by atoms with van der Waals surface area (Å²) in [5, 5.41) is 6.55. The van der Waals surface area contributed by atoms with Crippen molar-refractivity contribution < 1.29 is 9.47 Å². The van der Waals surface area contributed by atoms with E-state index in [0.717, 1.165) is 37.7 Å². The summed E-state index contributed by atoms with van der Waals surface area (Å²) >= 11 is 0. The normalized spacial score (nSPS) is 18.1. The molecule has 2 rings (SSSR count). The Morgan fingerprint density at radius 1 is 1.32 bits per heavy atom. The highest BCUT2D eigenvalue weighted by Crippen LogP contribution is 2.25. The molecule has 6 nitrogen and oxygen atoms in total. The third-order valence-corrected chi connectivity index (χ3v) is 3.33. The largest absolute Gasteiger partial charge is 0.381 e. The smallest absolute Gasteiger partial charge is 0.158 e. The van der Waals surface area contributed by atoms with Crippen LogP contribution in [0, 0.1) is 0 Å². The Balaban J connectivity index is 2.16. The Morgan fingerprint density at radius 2 is 2.00 bits per heavy atom. The van der Waals surface area contributed by atoms with Crippen molar-refractivity contribution in [1.82, 2.24) is 9.97 Å². The number of nitrogens with one attached hydrogen (secondary N) is 2. The summed E-state index contributed by atoms with van der Waals surface area (Å²) in [4.78, 5) is 8.83. The number of aromatic nitrogens is 2. The van der Waals surface area contributed by atoms with E-state index in [2.05, 4.69) is 27.5 Å². The number of ether oxygens (including phenoxy) is 2. The van der Waals surface area contributed by atoms with Crippen molar-refractivity contribution in [1.29, 1.82) is 0 Å². The fraction of sp³-hybridized carbons (Fsp3) is 0.692. The predicted molar refractivity (Wildman–Crippen MR) is 74.4 cm³/mol. The van der Waals surface area contributed by atoms with Crippen molar-refractivity contribution in [3.8, 4) is 0 Å². The van der Waals surface area contributed by atoms with Gasteiger partial charge >= 0.3 is 0 Å². The van der Waals surface area contributed by atoms with Crippen LogP contribution in [0.1, 0.15) is 25.6 Å².